The minimum absolute atomic E-state index is 0.517. The number of nitrogens with zero attached hydrogens (tertiary/aromatic N) is 2. The Balaban J connectivity index is 2.13. The number of hydrogen-bond donors (Lipinski definition) is 1. The van der Waals surface area contributed by atoms with Crippen molar-refractivity contribution >= 4 is 17.3 Å². The maximum Gasteiger partial charge on any atom is 0.153 e. The first-order valence-corrected chi connectivity index (χ1v) is 6.30. The quantitative estimate of drug-likeness (QED) is 0.817. The average Bonchev–Trinajstić information content (AvgIpc) is 2.49. The summed E-state index contributed by atoms with van der Waals surface area (Å²) in [6.45, 7) is 6.25. The molecule has 2 aromatic rings. The second-order valence-electron chi connectivity index (χ2n) is 3.99. The van der Waals surface area contributed by atoms with E-state index in [0.717, 1.165) is 11.4 Å². The molecule has 0 aliphatic heterocycles. The van der Waals surface area contributed by atoms with Gasteiger partial charge in [0.15, 0.2) is 5.82 Å². The van der Waals surface area contributed by atoms with E-state index in [2.05, 4.69) is 22.1 Å². The number of methoxy groups -OCH3 is 1. The number of aromatic nitrogens is 2. The van der Waals surface area contributed by atoms with Crippen LogP contribution in [0.4, 0.5) is 11.5 Å². The second-order valence-corrected chi connectivity index (χ2v) is 3.99. The summed E-state index contributed by atoms with van der Waals surface area (Å²) in [5, 5.41) is 11.3. The van der Waals surface area contributed by atoms with E-state index in [4.69, 9.17) is 9.47 Å². The van der Waals surface area contributed by atoms with E-state index in [1.54, 1.807) is 7.11 Å². The van der Waals surface area contributed by atoms with Crippen molar-refractivity contribution < 1.29 is 9.47 Å². The lowest BCUT2D eigenvalue weighted by molar-refractivity contribution is 0.297. The van der Waals surface area contributed by atoms with Crippen molar-refractivity contribution in [1.29, 1.82) is 0 Å². The van der Waals surface area contributed by atoms with Gasteiger partial charge in [-0.2, -0.15) is 0 Å². The van der Waals surface area contributed by atoms with Gasteiger partial charge in [0.1, 0.15) is 17.2 Å². The number of benzene rings is 1. The number of rotatable bonds is 6. The Morgan fingerprint density at radius 2 is 2.00 bits per heavy atom. The molecule has 2 rings (SSSR count). The van der Waals surface area contributed by atoms with Gasteiger partial charge in [0.25, 0.3) is 0 Å². The van der Waals surface area contributed by atoms with E-state index < -0.39 is 0 Å². The molecule has 0 atom stereocenters. The van der Waals surface area contributed by atoms with Crippen LogP contribution in [0.2, 0.25) is 0 Å². The number of ether oxygens (including phenoxy) is 2. The van der Waals surface area contributed by atoms with Gasteiger partial charge >= 0.3 is 0 Å². The smallest absolute Gasteiger partial charge is 0.153 e. The number of hydrogen-bond acceptors (Lipinski definition) is 5. The third kappa shape index (κ3) is 3.26. The molecule has 0 amide bonds. The summed E-state index contributed by atoms with van der Waals surface area (Å²) in [6, 6.07) is 11.2. The van der Waals surface area contributed by atoms with Crippen LogP contribution in [0.15, 0.2) is 43.0 Å². The molecule has 0 aliphatic rings. The Labute approximate surface area is 118 Å². The predicted molar refractivity (Wildman–Crippen MR) is 79.0 cm³/mol. The molecular weight excluding hydrogens is 254 g/mol. The standard InChI is InChI=1S/C15H17N3O2/c1-4-20-11(2)12-9-10-15(18-17-12)16-13-7-5-6-8-14(13)19-3/h5-10H,2,4H2,1,3H3,(H,16,18). The molecule has 0 saturated carbocycles. The van der Waals surface area contributed by atoms with Gasteiger partial charge in [0.05, 0.1) is 19.4 Å². The van der Waals surface area contributed by atoms with Crippen molar-refractivity contribution in [3.05, 3.63) is 48.7 Å². The summed E-state index contributed by atoms with van der Waals surface area (Å²) in [4.78, 5) is 0. The van der Waals surface area contributed by atoms with Crippen LogP contribution in [0.25, 0.3) is 5.76 Å². The molecule has 5 heteroatoms. The predicted octanol–water partition coefficient (Wildman–Crippen LogP) is 3.24. The third-order valence-electron chi connectivity index (χ3n) is 2.64. The molecule has 0 unspecified atom stereocenters. The van der Waals surface area contributed by atoms with Crippen LogP contribution >= 0.6 is 0 Å². The molecule has 0 bridgehead atoms. The third-order valence-corrected chi connectivity index (χ3v) is 2.64. The molecule has 0 saturated heterocycles. The first kappa shape index (κ1) is 13.9. The molecule has 0 aliphatic carbocycles. The Morgan fingerprint density at radius 3 is 2.65 bits per heavy atom. The van der Waals surface area contributed by atoms with Gasteiger partial charge in [-0.25, -0.2) is 0 Å². The zero-order chi connectivity index (χ0) is 14.4. The maximum absolute atomic E-state index is 5.29. The van der Waals surface area contributed by atoms with Crippen molar-refractivity contribution in [1.82, 2.24) is 10.2 Å². The minimum atomic E-state index is 0.517. The van der Waals surface area contributed by atoms with Crippen molar-refractivity contribution in [3.63, 3.8) is 0 Å². The minimum Gasteiger partial charge on any atom is -0.495 e. The molecule has 104 valence electrons. The van der Waals surface area contributed by atoms with Crippen LogP contribution in [0, 0.1) is 0 Å². The van der Waals surface area contributed by atoms with Gasteiger partial charge in [-0.1, -0.05) is 18.7 Å². The molecule has 1 aromatic carbocycles. The number of nitrogens with one attached hydrogen (secondary N) is 1. The Bertz CT molecular complexity index is 582. The summed E-state index contributed by atoms with van der Waals surface area (Å²) in [6.07, 6.45) is 0. The molecule has 20 heavy (non-hydrogen) atoms. The highest BCUT2D eigenvalue weighted by atomic mass is 16.5. The summed E-state index contributed by atoms with van der Waals surface area (Å²) in [5.74, 6) is 1.89. The fraction of sp³-hybridized carbons (Fsp3) is 0.200. The molecule has 1 aromatic heterocycles. The zero-order valence-corrected chi connectivity index (χ0v) is 11.6. The van der Waals surface area contributed by atoms with Crippen LogP contribution in [0.5, 0.6) is 5.75 Å². The van der Waals surface area contributed by atoms with Crippen molar-refractivity contribution in [2.45, 2.75) is 6.92 Å². The SMILES string of the molecule is C=C(OCC)c1ccc(Nc2ccccc2OC)nn1. The van der Waals surface area contributed by atoms with Gasteiger partial charge in [0.2, 0.25) is 0 Å². The molecule has 5 nitrogen and oxygen atoms in total. The van der Waals surface area contributed by atoms with Crippen LogP contribution < -0.4 is 10.1 Å². The Kier molecular flexibility index (Phi) is 4.55. The fourth-order valence-corrected chi connectivity index (χ4v) is 1.68. The van der Waals surface area contributed by atoms with Crippen LogP contribution in [0.1, 0.15) is 12.6 Å². The highest BCUT2D eigenvalue weighted by Crippen LogP contribution is 2.26. The van der Waals surface area contributed by atoms with Crippen LogP contribution in [-0.2, 0) is 4.74 Å². The second kappa shape index (κ2) is 6.56. The van der Waals surface area contributed by atoms with Crippen LogP contribution in [-0.4, -0.2) is 23.9 Å². The maximum atomic E-state index is 5.29. The van der Waals surface area contributed by atoms with Gasteiger partial charge in [-0.3, -0.25) is 0 Å². The average molecular weight is 271 g/mol. The summed E-state index contributed by atoms with van der Waals surface area (Å²) >= 11 is 0. The lowest BCUT2D eigenvalue weighted by atomic mass is 10.3. The number of anilines is 2. The van der Waals surface area contributed by atoms with E-state index in [0.29, 0.717) is 23.9 Å². The van der Waals surface area contributed by atoms with E-state index in [1.165, 1.54) is 0 Å². The van der Waals surface area contributed by atoms with Gasteiger partial charge in [-0.15, -0.1) is 10.2 Å². The van der Waals surface area contributed by atoms with Crippen molar-refractivity contribution in [3.8, 4) is 5.75 Å². The summed E-state index contributed by atoms with van der Waals surface area (Å²) in [7, 11) is 1.63. The van der Waals surface area contributed by atoms with Crippen molar-refractivity contribution in [2.24, 2.45) is 0 Å². The van der Waals surface area contributed by atoms with Gasteiger partial charge < -0.3 is 14.8 Å². The molecule has 0 fully saturated rings. The molecular formula is C15H17N3O2. The largest absolute Gasteiger partial charge is 0.495 e. The molecule has 1 N–H and O–H groups in total. The highest BCUT2D eigenvalue weighted by Gasteiger charge is 2.05. The van der Waals surface area contributed by atoms with E-state index in [1.807, 2.05) is 43.3 Å². The van der Waals surface area contributed by atoms with Gasteiger partial charge in [0, 0.05) is 0 Å². The molecule has 0 spiro atoms. The summed E-state index contributed by atoms with van der Waals surface area (Å²) in [5.41, 5.74) is 1.46. The lowest BCUT2D eigenvalue weighted by Gasteiger charge is -2.10. The fourth-order valence-electron chi connectivity index (χ4n) is 1.68. The topological polar surface area (TPSA) is 56.3 Å². The van der Waals surface area contributed by atoms with E-state index in [-0.39, 0.29) is 0 Å². The Morgan fingerprint density at radius 1 is 1.20 bits per heavy atom. The molecule has 1 heterocycles. The lowest BCUT2D eigenvalue weighted by Crippen LogP contribution is -2.00. The normalized spacial score (nSPS) is 9.90. The van der Waals surface area contributed by atoms with E-state index >= 15 is 0 Å². The Hall–Kier alpha value is -2.56. The highest BCUT2D eigenvalue weighted by molar-refractivity contribution is 5.64. The number of para-hydroxylation sites is 2. The van der Waals surface area contributed by atoms with Crippen LogP contribution in [0.3, 0.4) is 0 Å². The van der Waals surface area contributed by atoms with Crippen molar-refractivity contribution in [2.75, 3.05) is 19.0 Å². The zero-order valence-electron chi connectivity index (χ0n) is 11.6. The summed E-state index contributed by atoms with van der Waals surface area (Å²) < 4.78 is 10.6. The monoisotopic (exact) mass is 271 g/mol. The first-order chi connectivity index (χ1) is 9.74. The van der Waals surface area contributed by atoms with E-state index in [9.17, 15) is 0 Å². The molecule has 0 radical (unpaired) electrons. The van der Waals surface area contributed by atoms with Gasteiger partial charge in [-0.05, 0) is 31.2 Å². The first-order valence-electron chi connectivity index (χ1n) is 6.30.